The van der Waals surface area contributed by atoms with Crippen LogP contribution in [0.1, 0.15) is 51.5 Å². The summed E-state index contributed by atoms with van der Waals surface area (Å²) in [6, 6.07) is 3.74. The number of carbonyl (C=O) groups excluding carboxylic acids is 2. The fourth-order valence-corrected chi connectivity index (χ4v) is 5.57. The van der Waals surface area contributed by atoms with Crippen LogP contribution < -0.4 is 21.5 Å². The largest absolute Gasteiger partial charge is 0.481 e. The number of aryl methyl sites for hydroxylation is 1. The molecule has 1 rings (SSSR count). The fourth-order valence-electron chi connectivity index (χ4n) is 3.84. The number of Topliss-reactive ketones (excluding diaryl/α,β-unsaturated/α-hetero) is 1. The van der Waals surface area contributed by atoms with E-state index in [1.54, 1.807) is 32.9 Å². The standard InChI is InChI=1S/C26H41N5O8S2/c1-5-18(3)21(25(35)30-19(15-24(33)34)12-14-40(4,36)37)16-23(32)22(7-6-13-29-26(27)28)31-41(38,39)20-10-8-17(2)9-11-20/h8-12,14,18-19,21-22,31H,5-7,13,15-16H2,1-4H3,(H,30,35)(H,33,34)(H4,27,28,29)/b14-12+/t18?,19-,21-,22+/m1/s1. The first-order chi connectivity index (χ1) is 18.9. The second-order valence-corrected chi connectivity index (χ2v) is 13.6. The SMILES string of the molecule is CCC(C)[C@@H](CC(=O)[C@H](CCCN=C(N)N)NS(=O)(=O)c1ccc(C)cc1)C(=O)N[C@H](/C=C/S(C)(=O)=O)CC(=O)O. The van der Waals surface area contributed by atoms with E-state index in [-0.39, 0.29) is 42.6 Å². The van der Waals surface area contributed by atoms with Gasteiger partial charge in [-0.15, -0.1) is 0 Å². The normalized spacial score (nSPS) is 15.0. The molecule has 4 atom stereocenters. The van der Waals surface area contributed by atoms with Crippen LogP contribution in [-0.4, -0.2) is 70.4 Å². The summed E-state index contributed by atoms with van der Waals surface area (Å²) in [5, 5.41) is 12.5. The van der Waals surface area contributed by atoms with Crippen molar-refractivity contribution in [2.45, 2.75) is 69.9 Å². The van der Waals surface area contributed by atoms with Crippen molar-refractivity contribution in [2.24, 2.45) is 28.3 Å². The zero-order valence-electron chi connectivity index (χ0n) is 23.7. The van der Waals surface area contributed by atoms with Gasteiger partial charge in [0.25, 0.3) is 0 Å². The van der Waals surface area contributed by atoms with Crippen LogP contribution in [0.5, 0.6) is 0 Å². The minimum Gasteiger partial charge on any atom is -0.481 e. The predicted octanol–water partition coefficient (Wildman–Crippen LogP) is 0.835. The van der Waals surface area contributed by atoms with Crippen molar-refractivity contribution in [3.05, 3.63) is 41.3 Å². The summed E-state index contributed by atoms with van der Waals surface area (Å²) in [6.07, 6.45) is 1.87. The number of nitrogens with one attached hydrogen (secondary N) is 2. The summed E-state index contributed by atoms with van der Waals surface area (Å²) < 4.78 is 51.7. The molecule has 0 heterocycles. The molecule has 0 bridgehead atoms. The summed E-state index contributed by atoms with van der Waals surface area (Å²) in [4.78, 5) is 41.9. The molecule has 230 valence electrons. The maximum atomic E-state index is 13.5. The molecule has 1 amide bonds. The Morgan fingerprint density at radius 3 is 2.20 bits per heavy atom. The Hall–Kier alpha value is -3.30. The molecule has 0 aromatic heterocycles. The quantitative estimate of drug-likeness (QED) is 0.0887. The Morgan fingerprint density at radius 2 is 1.68 bits per heavy atom. The first kappa shape index (κ1) is 35.7. The monoisotopic (exact) mass is 615 g/mol. The van der Waals surface area contributed by atoms with Crippen LogP contribution in [0.2, 0.25) is 0 Å². The van der Waals surface area contributed by atoms with E-state index >= 15 is 0 Å². The minimum absolute atomic E-state index is 0.0319. The summed E-state index contributed by atoms with van der Waals surface area (Å²) in [5.74, 6) is -3.91. The average Bonchev–Trinajstić information content (AvgIpc) is 2.86. The van der Waals surface area contributed by atoms with Gasteiger partial charge in [0.05, 0.1) is 23.4 Å². The predicted molar refractivity (Wildman–Crippen MR) is 156 cm³/mol. The number of rotatable bonds is 18. The number of aliphatic carboxylic acids is 1. The van der Waals surface area contributed by atoms with E-state index in [0.717, 1.165) is 23.3 Å². The number of guanidine groups is 1. The van der Waals surface area contributed by atoms with E-state index in [1.807, 2.05) is 0 Å². The maximum absolute atomic E-state index is 13.5. The van der Waals surface area contributed by atoms with Crippen molar-refractivity contribution < 1.29 is 36.3 Å². The number of sulfone groups is 1. The highest BCUT2D eigenvalue weighted by Crippen LogP contribution is 2.23. The highest BCUT2D eigenvalue weighted by molar-refractivity contribution is 7.93. The number of nitrogens with zero attached hydrogens (tertiary/aromatic N) is 1. The van der Waals surface area contributed by atoms with Crippen LogP contribution in [0.15, 0.2) is 45.6 Å². The molecular weight excluding hydrogens is 574 g/mol. The Morgan fingerprint density at radius 1 is 1.07 bits per heavy atom. The number of sulfonamides is 1. The van der Waals surface area contributed by atoms with E-state index in [1.165, 1.54) is 12.1 Å². The summed E-state index contributed by atoms with van der Waals surface area (Å²) in [6.45, 7) is 5.50. The fraction of sp³-hybridized carbons (Fsp3) is 0.538. The van der Waals surface area contributed by atoms with Crippen molar-refractivity contribution in [1.82, 2.24) is 10.0 Å². The second kappa shape index (κ2) is 16.2. The van der Waals surface area contributed by atoms with Gasteiger partial charge in [0.2, 0.25) is 15.9 Å². The number of aliphatic imine (C=N–C) groups is 1. The lowest BCUT2D eigenvalue weighted by atomic mass is 9.84. The zero-order valence-corrected chi connectivity index (χ0v) is 25.4. The molecule has 0 spiro atoms. The van der Waals surface area contributed by atoms with Crippen molar-refractivity contribution in [2.75, 3.05) is 12.8 Å². The molecule has 41 heavy (non-hydrogen) atoms. The zero-order chi connectivity index (χ0) is 31.4. The van der Waals surface area contributed by atoms with Crippen LogP contribution in [0.3, 0.4) is 0 Å². The third kappa shape index (κ3) is 13.7. The molecule has 13 nitrogen and oxygen atoms in total. The van der Waals surface area contributed by atoms with Gasteiger partial charge >= 0.3 is 5.97 Å². The third-order valence-electron chi connectivity index (χ3n) is 6.33. The molecule has 0 aliphatic heterocycles. The maximum Gasteiger partial charge on any atom is 0.305 e. The Bertz CT molecular complexity index is 1320. The topological polar surface area (TPSA) is 228 Å². The van der Waals surface area contributed by atoms with Gasteiger partial charge in [-0.1, -0.05) is 44.0 Å². The van der Waals surface area contributed by atoms with Crippen LogP contribution >= 0.6 is 0 Å². The summed E-state index contributed by atoms with van der Waals surface area (Å²) >= 11 is 0. The van der Waals surface area contributed by atoms with Gasteiger partial charge in [0, 0.05) is 30.5 Å². The molecule has 7 N–H and O–H groups in total. The number of benzene rings is 1. The highest BCUT2D eigenvalue weighted by Gasteiger charge is 2.33. The van der Waals surface area contributed by atoms with Gasteiger partial charge in [-0.05, 0) is 37.8 Å². The van der Waals surface area contributed by atoms with Gasteiger partial charge in [0.15, 0.2) is 21.6 Å². The van der Waals surface area contributed by atoms with Crippen molar-refractivity contribution >= 4 is 43.5 Å². The molecule has 0 fully saturated rings. The lowest BCUT2D eigenvalue weighted by Gasteiger charge is -2.26. The number of hydrogen-bond donors (Lipinski definition) is 5. The Kier molecular flexibility index (Phi) is 14.1. The lowest BCUT2D eigenvalue weighted by Crippen LogP contribution is -2.45. The van der Waals surface area contributed by atoms with Crippen LogP contribution in [0, 0.1) is 18.8 Å². The minimum atomic E-state index is -4.10. The number of carbonyl (C=O) groups is 3. The van der Waals surface area contributed by atoms with E-state index in [4.69, 9.17) is 11.5 Å². The van der Waals surface area contributed by atoms with E-state index < -0.39 is 61.9 Å². The second-order valence-electron chi connectivity index (χ2n) is 9.97. The van der Waals surface area contributed by atoms with E-state index in [0.29, 0.717) is 6.42 Å². The number of nitrogens with two attached hydrogens (primary N) is 2. The number of carboxylic acids is 1. The molecule has 0 saturated heterocycles. The number of hydrogen-bond acceptors (Lipinski definition) is 8. The number of carboxylic acid groups (broad SMARTS) is 1. The first-order valence-corrected chi connectivity index (χ1v) is 16.5. The summed E-state index contributed by atoms with van der Waals surface area (Å²) in [7, 11) is -7.69. The molecule has 1 unspecified atom stereocenters. The van der Waals surface area contributed by atoms with Gasteiger partial charge in [0.1, 0.15) is 0 Å². The molecule has 1 aromatic carbocycles. The van der Waals surface area contributed by atoms with E-state index in [2.05, 4.69) is 15.0 Å². The molecular formula is C26H41N5O8S2. The van der Waals surface area contributed by atoms with Crippen LogP contribution in [0.25, 0.3) is 0 Å². The van der Waals surface area contributed by atoms with Crippen LogP contribution in [0.4, 0.5) is 0 Å². The molecule has 1 aromatic rings. The molecule has 15 heteroatoms. The number of ketones is 1. The lowest BCUT2D eigenvalue weighted by molar-refractivity contribution is -0.138. The van der Waals surface area contributed by atoms with Crippen LogP contribution in [-0.2, 0) is 34.2 Å². The molecule has 0 aliphatic carbocycles. The summed E-state index contributed by atoms with van der Waals surface area (Å²) in [5.41, 5.74) is 11.6. The first-order valence-electron chi connectivity index (χ1n) is 13.0. The van der Waals surface area contributed by atoms with Gasteiger partial charge in [-0.25, -0.2) is 21.6 Å². The smallest absolute Gasteiger partial charge is 0.305 e. The van der Waals surface area contributed by atoms with Crippen molar-refractivity contribution in [3.8, 4) is 0 Å². The van der Waals surface area contributed by atoms with Gasteiger partial charge < -0.3 is 21.9 Å². The van der Waals surface area contributed by atoms with Crippen molar-refractivity contribution in [1.29, 1.82) is 0 Å². The molecule has 0 radical (unpaired) electrons. The van der Waals surface area contributed by atoms with Crippen molar-refractivity contribution in [3.63, 3.8) is 0 Å². The van der Waals surface area contributed by atoms with Gasteiger partial charge in [-0.3, -0.25) is 19.4 Å². The Balaban J connectivity index is 3.26. The highest BCUT2D eigenvalue weighted by atomic mass is 32.2. The molecule has 0 saturated carbocycles. The average molecular weight is 616 g/mol. The molecule has 0 aliphatic rings. The van der Waals surface area contributed by atoms with Gasteiger partial charge in [-0.2, -0.15) is 0 Å². The Labute approximate surface area is 241 Å². The third-order valence-corrected chi connectivity index (χ3v) is 8.47. The number of amides is 1. The van der Waals surface area contributed by atoms with E-state index in [9.17, 15) is 36.3 Å².